The maximum atomic E-state index is 5.87. The Morgan fingerprint density at radius 1 is 0.650 bits per heavy atom. The van der Waals surface area contributed by atoms with Gasteiger partial charge in [0.1, 0.15) is 0 Å². The number of unbranched alkanes of at least 4 members (excludes halogenated alkanes) is 7. The molecule has 0 aromatic heterocycles. The van der Waals surface area contributed by atoms with Gasteiger partial charge in [0.2, 0.25) is 0 Å². The molecule has 0 bridgehead atoms. The van der Waals surface area contributed by atoms with Crippen LogP contribution in [0.5, 0.6) is 0 Å². The van der Waals surface area contributed by atoms with E-state index in [1.807, 2.05) is 0 Å². The summed E-state index contributed by atoms with van der Waals surface area (Å²) >= 11 is 0. The van der Waals surface area contributed by atoms with E-state index in [1.165, 1.54) is 57.8 Å². The summed E-state index contributed by atoms with van der Waals surface area (Å²) in [5, 5.41) is 0. The van der Waals surface area contributed by atoms with Crippen molar-refractivity contribution >= 4 is 0 Å². The quantitative estimate of drug-likeness (QED) is 0.337. The van der Waals surface area contributed by atoms with Crippen molar-refractivity contribution in [2.45, 2.75) is 97.5 Å². The van der Waals surface area contributed by atoms with Crippen LogP contribution in [0.25, 0.3) is 0 Å². The third kappa shape index (κ3) is 14.3. The minimum absolute atomic E-state index is 0.321. The fraction of sp³-hybridized carbons (Fsp3) is 1.00. The van der Waals surface area contributed by atoms with Crippen molar-refractivity contribution in [2.75, 3.05) is 19.8 Å². The second kappa shape index (κ2) is 17.0. The van der Waals surface area contributed by atoms with E-state index in [9.17, 15) is 0 Å². The van der Waals surface area contributed by atoms with Crippen LogP contribution in [0.2, 0.25) is 0 Å². The van der Waals surface area contributed by atoms with E-state index in [0.717, 1.165) is 32.7 Å². The van der Waals surface area contributed by atoms with Gasteiger partial charge < -0.3 is 9.47 Å². The molecular weight excluding hydrogens is 248 g/mol. The van der Waals surface area contributed by atoms with Crippen LogP contribution in [-0.4, -0.2) is 25.9 Å². The predicted molar refractivity (Wildman–Crippen MR) is 88.4 cm³/mol. The lowest BCUT2D eigenvalue weighted by Crippen LogP contribution is -2.20. The molecular formula is C18H38O2. The Balaban J connectivity index is 3.46. The van der Waals surface area contributed by atoms with Crippen molar-refractivity contribution in [1.29, 1.82) is 0 Å². The summed E-state index contributed by atoms with van der Waals surface area (Å²) < 4.78 is 11.5. The highest BCUT2D eigenvalue weighted by molar-refractivity contribution is 4.58. The molecule has 0 aliphatic rings. The van der Waals surface area contributed by atoms with E-state index in [1.54, 1.807) is 0 Å². The van der Waals surface area contributed by atoms with Crippen LogP contribution >= 0.6 is 0 Å². The lowest BCUT2D eigenvalue weighted by Gasteiger charge is -2.17. The highest BCUT2D eigenvalue weighted by Crippen LogP contribution is 2.12. The lowest BCUT2D eigenvalue weighted by atomic mass is 10.1. The Kier molecular flexibility index (Phi) is 16.9. The van der Waals surface area contributed by atoms with Crippen LogP contribution in [0.3, 0.4) is 0 Å². The van der Waals surface area contributed by atoms with Crippen LogP contribution in [-0.2, 0) is 9.47 Å². The zero-order valence-electron chi connectivity index (χ0n) is 14.3. The van der Waals surface area contributed by atoms with Gasteiger partial charge in [-0.05, 0) is 19.3 Å². The molecule has 0 heterocycles. The van der Waals surface area contributed by atoms with Gasteiger partial charge in [0.05, 0.1) is 12.7 Å². The standard InChI is InChI=1S/C18H38O2/c1-4-7-8-9-10-11-12-13-14-18(20-16-6-3)17-19-15-5-2/h18H,4-17H2,1-3H3. The summed E-state index contributed by atoms with van der Waals surface area (Å²) in [6.45, 7) is 9.11. The lowest BCUT2D eigenvalue weighted by molar-refractivity contribution is -0.0211. The van der Waals surface area contributed by atoms with Crippen molar-refractivity contribution in [2.24, 2.45) is 0 Å². The first kappa shape index (κ1) is 19.9. The second-order valence-corrected chi connectivity index (χ2v) is 5.83. The van der Waals surface area contributed by atoms with Crippen molar-refractivity contribution in [3.05, 3.63) is 0 Å². The predicted octanol–water partition coefficient (Wildman–Crippen LogP) is 5.74. The molecule has 0 rings (SSSR count). The molecule has 0 amide bonds. The number of hydrogen-bond donors (Lipinski definition) is 0. The summed E-state index contributed by atoms with van der Waals surface area (Å²) in [5.41, 5.74) is 0. The maximum absolute atomic E-state index is 5.87. The van der Waals surface area contributed by atoms with Gasteiger partial charge in [0.25, 0.3) is 0 Å². The third-order valence-electron chi connectivity index (χ3n) is 3.59. The van der Waals surface area contributed by atoms with Crippen LogP contribution < -0.4 is 0 Å². The topological polar surface area (TPSA) is 18.5 Å². The first-order chi connectivity index (χ1) is 9.85. The van der Waals surface area contributed by atoms with E-state index in [-0.39, 0.29) is 0 Å². The molecule has 0 aromatic carbocycles. The smallest absolute Gasteiger partial charge is 0.0808 e. The normalized spacial score (nSPS) is 12.8. The minimum atomic E-state index is 0.321. The van der Waals surface area contributed by atoms with Gasteiger partial charge in [-0.25, -0.2) is 0 Å². The molecule has 2 heteroatoms. The minimum Gasteiger partial charge on any atom is -0.379 e. The Morgan fingerprint density at radius 2 is 1.25 bits per heavy atom. The van der Waals surface area contributed by atoms with Crippen molar-refractivity contribution in [1.82, 2.24) is 0 Å². The average Bonchev–Trinajstić information content (AvgIpc) is 2.47. The summed E-state index contributed by atoms with van der Waals surface area (Å²) in [4.78, 5) is 0. The van der Waals surface area contributed by atoms with Crippen LogP contribution in [0.4, 0.5) is 0 Å². The summed E-state index contributed by atoms with van der Waals surface area (Å²) in [6.07, 6.45) is 14.7. The molecule has 0 aliphatic heterocycles. The molecule has 0 spiro atoms. The van der Waals surface area contributed by atoms with Crippen molar-refractivity contribution < 1.29 is 9.47 Å². The molecule has 0 radical (unpaired) electrons. The van der Waals surface area contributed by atoms with Gasteiger partial charge in [0, 0.05) is 13.2 Å². The molecule has 1 atom stereocenters. The molecule has 0 aliphatic carbocycles. The van der Waals surface area contributed by atoms with Crippen molar-refractivity contribution in [3.8, 4) is 0 Å². The number of hydrogen-bond acceptors (Lipinski definition) is 2. The second-order valence-electron chi connectivity index (χ2n) is 5.83. The summed E-state index contributed by atoms with van der Waals surface area (Å²) in [7, 11) is 0. The largest absolute Gasteiger partial charge is 0.379 e. The van der Waals surface area contributed by atoms with E-state index >= 15 is 0 Å². The van der Waals surface area contributed by atoms with E-state index in [4.69, 9.17) is 9.47 Å². The molecule has 0 saturated carbocycles. The van der Waals surface area contributed by atoms with Gasteiger partial charge in [-0.2, -0.15) is 0 Å². The monoisotopic (exact) mass is 286 g/mol. The van der Waals surface area contributed by atoms with Crippen LogP contribution in [0.1, 0.15) is 91.4 Å². The number of ether oxygens (including phenoxy) is 2. The Morgan fingerprint density at radius 3 is 1.85 bits per heavy atom. The summed E-state index contributed by atoms with van der Waals surface area (Å²) in [5.74, 6) is 0. The molecule has 0 N–H and O–H groups in total. The molecule has 1 unspecified atom stereocenters. The van der Waals surface area contributed by atoms with E-state index in [2.05, 4.69) is 20.8 Å². The van der Waals surface area contributed by atoms with Gasteiger partial charge >= 0.3 is 0 Å². The fourth-order valence-electron chi connectivity index (χ4n) is 2.36. The highest BCUT2D eigenvalue weighted by atomic mass is 16.5. The molecule has 2 nitrogen and oxygen atoms in total. The van der Waals surface area contributed by atoms with Gasteiger partial charge in [0.15, 0.2) is 0 Å². The zero-order valence-corrected chi connectivity index (χ0v) is 14.3. The Bertz CT molecular complexity index is 171. The zero-order chi connectivity index (χ0) is 14.9. The molecule has 20 heavy (non-hydrogen) atoms. The highest BCUT2D eigenvalue weighted by Gasteiger charge is 2.08. The first-order valence-electron chi connectivity index (χ1n) is 9.04. The van der Waals surface area contributed by atoms with Gasteiger partial charge in [-0.1, -0.05) is 72.1 Å². The van der Waals surface area contributed by atoms with Crippen molar-refractivity contribution in [3.63, 3.8) is 0 Å². The summed E-state index contributed by atoms with van der Waals surface area (Å²) in [6, 6.07) is 0. The molecule has 122 valence electrons. The van der Waals surface area contributed by atoms with Crippen LogP contribution in [0.15, 0.2) is 0 Å². The maximum Gasteiger partial charge on any atom is 0.0808 e. The van der Waals surface area contributed by atoms with Gasteiger partial charge in [-0.15, -0.1) is 0 Å². The number of rotatable bonds is 16. The SMILES string of the molecule is CCCCCCCCCCC(COCCC)OCCC. The van der Waals surface area contributed by atoms with E-state index < -0.39 is 0 Å². The average molecular weight is 286 g/mol. The Hall–Kier alpha value is -0.0800. The third-order valence-corrected chi connectivity index (χ3v) is 3.59. The molecule has 0 fully saturated rings. The van der Waals surface area contributed by atoms with Gasteiger partial charge in [-0.3, -0.25) is 0 Å². The Labute approximate surface area is 127 Å². The molecule has 0 saturated heterocycles. The molecule has 0 aromatic rings. The fourth-order valence-corrected chi connectivity index (χ4v) is 2.36. The first-order valence-corrected chi connectivity index (χ1v) is 9.04. The van der Waals surface area contributed by atoms with E-state index in [0.29, 0.717) is 6.10 Å². The van der Waals surface area contributed by atoms with Crippen LogP contribution in [0, 0.1) is 0 Å².